The van der Waals surface area contributed by atoms with Crippen molar-refractivity contribution in [1.82, 2.24) is 9.88 Å². The number of pyridine rings is 1. The van der Waals surface area contributed by atoms with Crippen LogP contribution in [0.15, 0.2) is 42.5 Å². The fourth-order valence-corrected chi connectivity index (χ4v) is 3.28. The first-order valence-corrected chi connectivity index (χ1v) is 10.3. The number of halogens is 1. The Bertz CT molecular complexity index is 1120. The molecule has 1 heterocycles. The third kappa shape index (κ3) is 4.79. The van der Waals surface area contributed by atoms with Crippen LogP contribution in [0, 0.1) is 11.7 Å². The molecule has 0 aliphatic carbocycles. The van der Waals surface area contributed by atoms with Crippen LogP contribution in [-0.2, 0) is 6.42 Å². The van der Waals surface area contributed by atoms with Crippen molar-refractivity contribution in [3.05, 3.63) is 54.0 Å². The van der Waals surface area contributed by atoms with Gasteiger partial charge in [0.25, 0.3) is 0 Å². The molecule has 5 nitrogen and oxygen atoms in total. The van der Waals surface area contributed by atoms with Crippen LogP contribution in [0.5, 0.6) is 11.5 Å². The Morgan fingerprint density at radius 1 is 1.19 bits per heavy atom. The molecule has 0 aliphatic heterocycles. The summed E-state index contributed by atoms with van der Waals surface area (Å²) < 4.78 is 20.8. The quantitative estimate of drug-likeness (QED) is 0.544. The molecule has 0 fully saturated rings. The van der Waals surface area contributed by atoms with Crippen LogP contribution in [0.3, 0.4) is 0 Å². The number of phenolic OH excluding ortho intramolecular Hbond substituents is 1. The molecule has 1 amide bonds. The van der Waals surface area contributed by atoms with E-state index in [1.54, 1.807) is 37.4 Å². The second kappa shape index (κ2) is 8.53. The van der Waals surface area contributed by atoms with Gasteiger partial charge >= 0.3 is 6.09 Å². The summed E-state index contributed by atoms with van der Waals surface area (Å²) in [6, 6.07) is 11.1. The van der Waals surface area contributed by atoms with Crippen LogP contribution < -0.4 is 4.74 Å². The Morgan fingerprint density at radius 2 is 1.87 bits per heavy atom. The highest BCUT2D eigenvalue weighted by molar-refractivity contribution is 6.00. The Balaban J connectivity index is 2.34. The molecule has 0 spiro atoms. The third-order valence-corrected chi connectivity index (χ3v) is 5.21. The Kier molecular flexibility index (Phi) is 6.20. The van der Waals surface area contributed by atoms with Gasteiger partial charge in [0, 0.05) is 29.1 Å². The second-order valence-corrected chi connectivity index (χ2v) is 9.14. The smallest absolute Gasteiger partial charge is 0.415 e. The maximum Gasteiger partial charge on any atom is 0.415 e. The minimum absolute atomic E-state index is 0.0209. The maximum atomic E-state index is 14.9. The average molecular weight is 425 g/mol. The van der Waals surface area contributed by atoms with Gasteiger partial charge in [0.05, 0.1) is 11.2 Å². The molecule has 0 radical (unpaired) electrons. The van der Waals surface area contributed by atoms with Crippen molar-refractivity contribution < 1.29 is 19.0 Å². The molecule has 0 saturated carbocycles. The van der Waals surface area contributed by atoms with E-state index in [1.807, 2.05) is 34.6 Å². The number of ether oxygens (including phenoxy) is 1. The number of aromatic nitrogens is 1. The zero-order chi connectivity index (χ0) is 22.9. The molecule has 31 heavy (non-hydrogen) atoms. The van der Waals surface area contributed by atoms with Crippen molar-refractivity contribution in [2.75, 3.05) is 7.05 Å². The molecule has 2 aromatic carbocycles. The van der Waals surface area contributed by atoms with E-state index in [9.17, 15) is 14.3 Å². The first-order valence-electron chi connectivity index (χ1n) is 10.3. The molecule has 1 aromatic heterocycles. The molecule has 0 saturated heterocycles. The van der Waals surface area contributed by atoms with Crippen LogP contribution in [0.4, 0.5) is 9.18 Å². The number of nitrogens with zero attached hydrogens (tertiary/aromatic N) is 2. The summed E-state index contributed by atoms with van der Waals surface area (Å²) in [5.41, 5.74) is 1.39. The topological polar surface area (TPSA) is 62.7 Å². The number of carbonyl (C=O) groups is 1. The van der Waals surface area contributed by atoms with Gasteiger partial charge in [-0.1, -0.05) is 32.0 Å². The lowest BCUT2D eigenvalue weighted by Gasteiger charge is -2.31. The van der Waals surface area contributed by atoms with Gasteiger partial charge in [-0.2, -0.15) is 0 Å². The van der Waals surface area contributed by atoms with Gasteiger partial charge in [-0.3, -0.25) is 0 Å². The minimum Gasteiger partial charge on any atom is -0.508 e. The number of rotatable bonds is 4. The van der Waals surface area contributed by atoms with E-state index in [4.69, 9.17) is 9.72 Å². The maximum absolute atomic E-state index is 14.9. The standard InChI is InChI=1S/C25H29FN2O3/c1-15(2)13-21-23(31-24(30)28(6)25(3,4)5)22(17-9-7-8-10-19(17)26)18-14-16(29)11-12-20(18)27-21/h7-12,14-15,29H,13H2,1-6H3. The predicted molar refractivity (Wildman–Crippen MR) is 121 cm³/mol. The van der Waals surface area contributed by atoms with Crippen LogP contribution >= 0.6 is 0 Å². The van der Waals surface area contributed by atoms with E-state index in [2.05, 4.69) is 0 Å². The Hall–Kier alpha value is -3.15. The highest BCUT2D eigenvalue weighted by Gasteiger charge is 2.28. The van der Waals surface area contributed by atoms with Crippen LogP contribution in [-0.4, -0.2) is 33.7 Å². The number of aromatic hydroxyl groups is 1. The van der Waals surface area contributed by atoms with Gasteiger partial charge in [-0.25, -0.2) is 14.2 Å². The number of hydrogen-bond acceptors (Lipinski definition) is 4. The number of phenols is 1. The van der Waals surface area contributed by atoms with E-state index in [0.717, 1.165) is 0 Å². The molecule has 3 aromatic rings. The lowest BCUT2D eigenvalue weighted by Crippen LogP contribution is -2.44. The minimum atomic E-state index is -0.559. The van der Waals surface area contributed by atoms with E-state index in [1.165, 1.54) is 17.0 Å². The normalized spacial score (nSPS) is 11.7. The van der Waals surface area contributed by atoms with Crippen LogP contribution in [0.1, 0.15) is 40.3 Å². The van der Waals surface area contributed by atoms with Gasteiger partial charge in [-0.15, -0.1) is 0 Å². The van der Waals surface area contributed by atoms with Crippen molar-refractivity contribution >= 4 is 17.0 Å². The van der Waals surface area contributed by atoms with Gasteiger partial charge in [-0.05, 0) is 57.4 Å². The summed E-state index contributed by atoms with van der Waals surface area (Å²) in [7, 11) is 1.66. The van der Waals surface area contributed by atoms with Crippen molar-refractivity contribution in [1.29, 1.82) is 0 Å². The summed E-state index contributed by atoms with van der Waals surface area (Å²) in [6.07, 6.45) is -0.0171. The van der Waals surface area contributed by atoms with Crippen LogP contribution in [0.25, 0.3) is 22.0 Å². The SMILES string of the molecule is CC(C)Cc1nc2ccc(O)cc2c(-c2ccccc2F)c1OC(=O)N(C)C(C)(C)C. The van der Waals surface area contributed by atoms with Crippen molar-refractivity contribution in [2.45, 2.75) is 46.6 Å². The van der Waals surface area contributed by atoms with Gasteiger partial charge in [0.2, 0.25) is 0 Å². The molecule has 0 unspecified atom stereocenters. The van der Waals surface area contributed by atoms with Gasteiger partial charge < -0.3 is 14.7 Å². The highest BCUT2D eigenvalue weighted by Crippen LogP contribution is 2.42. The predicted octanol–water partition coefficient (Wildman–Crippen LogP) is 6.17. The molecule has 3 rings (SSSR count). The van der Waals surface area contributed by atoms with Gasteiger partial charge in [0.1, 0.15) is 11.6 Å². The second-order valence-electron chi connectivity index (χ2n) is 9.14. The molecular formula is C25H29FN2O3. The van der Waals surface area contributed by atoms with Crippen molar-refractivity contribution in [3.8, 4) is 22.6 Å². The zero-order valence-electron chi connectivity index (χ0n) is 18.9. The largest absolute Gasteiger partial charge is 0.508 e. The van der Waals surface area contributed by atoms with E-state index < -0.39 is 17.4 Å². The summed E-state index contributed by atoms with van der Waals surface area (Å²) in [4.78, 5) is 19.2. The summed E-state index contributed by atoms with van der Waals surface area (Å²) >= 11 is 0. The van der Waals surface area contributed by atoms with Crippen molar-refractivity contribution in [3.63, 3.8) is 0 Å². The molecule has 0 aliphatic rings. The summed E-state index contributed by atoms with van der Waals surface area (Å²) in [5.74, 6) is 0.0224. The number of hydrogen-bond donors (Lipinski definition) is 1. The lowest BCUT2D eigenvalue weighted by atomic mass is 9.95. The summed E-state index contributed by atoms with van der Waals surface area (Å²) in [5, 5.41) is 10.6. The molecular weight excluding hydrogens is 395 g/mol. The highest BCUT2D eigenvalue weighted by atomic mass is 19.1. The van der Waals surface area contributed by atoms with Crippen molar-refractivity contribution in [2.24, 2.45) is 5.92 Å². The first-order chi connectivity index (χ1) is 14.5. The number of carbonyl (C=O) groups excluding carboxylic acids is 1. The summed E-state index contributed by atoms with van der Waals surface area (Å²) in [6.45, 7) is 9.78. The fourth-order valence-electron chi connectivity index (χ4n) is 3.28. The van der Waals surface area contributed by atoms with E-state index in [-0.39, 0.29) is 23.0 Å². The third-order valence-electron chi connectivity index (χ3n) is 5.21. The molecule has 0 atom stereocenters. The average Bonchev–Trinajstić information content (AvgIpc) is 2.67. The molecule has 164 valence electrons. The van der Waals surface area contributed by atoms with Crippen LogP contribution in [0.2, 0.25) is 0 Å². The number of benzene rings is 2. The number of fused-ring (bicyclic) bond motifs is 1. The first kappa shape index (κ1) is 22.5. The van der Waals surface area contributed by atoms with E-state index in [0.29, 0.717) is 28.6 Å². The monoisotopic (exact) mass is 424 g/mol. The molecule has 6 heteroatoms. The molecule has 0 bridgehead atoms. The van der Waals surface area contributed by atoms with Gasteiger partial charge in [0.15, 0.2) is 5.75 Å². The molecule has 1 N–H and O–H groups in total. The lowest BCUT2D eigenvalue weighted by molar-refractivity contribution is 0.124. The Labute approximate surface area is 182 Å². The zero-order valence-corrected chi connectivity index (χ0v) is 18.9. The van der Waals surface area contributed by atoms with E-state index >= 15 is 0 Å². The fraction of sp³-hybridized carbons (Fsp3) is 0.360. The Morgan fingerprint density at radius 3 is 2.48 bits per heavy atom. The number of amides is 1.